The van der Waals surface area contributed by atoms with Crippen molar-refractivity contribution < 1.29 is 23.7 Å². The first-order valence-corrected chi connectivity index (χ1v) is 15.9. The number of nitrogens with zero attached hydrogens (tertiary/aromatic N) is 2. The van der Waals surface area contributed by atoms with E-state index in [9.17, 15) is 4.79 Å². The van der Waals surface area contributed by atoms with E-state index in [-0.39, 0.29) is 5.91 Å². The van der Waals surface area contributed by atoms with E-state index >= 15 is 0 Å². The van der Waals surface area contributed by atoms with Crippen LogP contribution in [0.4, 0.5) is 5.82 Å². The molecule has 1 aliphatic rings. The molecule has 6 rings (SSSR count). The van der Waals surface area contributed by atoms with Gasteiger partial charge in [0.25, 0.3) is 5.91 Å². The molecule has 1 aromatic heterocycles. The Balaban J connectivity index is 1.36. The van der Waals surface area contributed by atoms with E-state index in [1.807, 2.05) is 103 Å². The summed E-state index contributed by atoms with van der Waals surface area (Å²) in [7, 11) is 3.27. The number of hydrogen-bond donors (Lipinski definition) is 1. The number of nitrogen functional groups attached to an aromatic ring is 1. The molecule has 1 aliphatic heterocycles. The van der Waals surface area contributed by atoms with E-state index in [1.165, 1.54) is 0 Å². The van der Waals surface area contributed by atoms with Crippen LogP contribution in [-0.4, -0.2) is 36.6 Å². The monoisotopic (exact) mass is 641 g/mol. The molecule has 0 saturated carbocycles. The first-order chi connectivity index (χ1) is 23.4. The smallest absolute Gasteiger partial charge is 0.254 e. The predicted octanol–water partition coefficient (Wildman–Crippen LogP) is 7.60. The van der Waals surface area contributed by atoms with Crippen LogP contribution >= 0.6 is 0 Å². The van der Waals surface area contributed by atoms with Crippen LogP contribution < -0.4 is 24.7 Å². The normalized spacial score (nSPS) is 14.0. The number of rotatable bonds is 11. The molecule has 0 saturated heterocycles. The third-order valence-electron chi connectivity index (χ3n) is 8.48. The Labute approximate surface area is 281 Å². The summed E-state index contributed by atoms with van der Waals surface area (Å²) in [6, 6.07) is 30.9. The summed E-state index contributed by atoms with van der Waals surface area (Å²) in [5.74, 6) is 2.72. The number of carbonyl (C=O) groups excluding carboxylic acids is 1. The minimum atomic E-state index is -0.400. The van der Waals surface area contributed by atoms with Crippen molar-refractivity contribution in [3.8, 4) is 23.0 Å². The Hall–Kier alpha value is -5.76. The van der Waals surface area contributed by atoms with Gasteiger partial charge in [0, 0.05) is 18.3 Å². The third kappa shape index (κ3) is 7.28. The maximum Gasteiger partial charge on any atom is 0.254 e. The second-order valence-corrected chi connectivity index (χ2v) is 11.6. The lowest BCUT2D eigenvalue weighted by atomic mass is 9.90. The number of pyridine rings is 1. The maximum absolute atomic E-state index is 14.0. The van der Waals surface area contributed by atoms with Crippen molar-refractivity contribution in [2.24, 2.45) is 0 Å². The van der Waals surface area contributed by atoms with Gasteiger partial charge in [0.1, 0.15) is 19.0 Å². The lowest BCUT2D eigenvalue weighted by Gasteiger charge is -2.36. The molecule has 244 valence electrons. The van der Waals surface area contributed by atoms with Gasteiger partial charge in [-0.15, -0.1) is 0 Å². The van der Waals surface area contributed by atoms with Gasteiger partial charge in [-0.25, -0.2) is 4.98 Å². The molecule has 0 fully saturated rings. The minimum Gasteiger partial charge on any atom is -0.493 e. The second-order valence-electron chi connectivity index (χ2n) is 11.6. The van der Waals surface area contributed by atoms with Crippen LogP contribution in [0.15, 0.2) is 109 Å². The van der Waals surface area contributed by atoms with Crippen LogP contribution in [0.2, 0.25) is 0 Å². The molecule has 2 N–H and O–H groups in total. The van der Waals surface area contributed by atoms with Crippen molar-refractivity contribution >= 4 is 17.8 Å². The molecule has 1 unspecified atom stereocenters. The molecule has 0 radical (unpaired) electrons. The zero-order valence-corrected chi connectivity index (χ0v) is 27.4. The molecule has 4 aromatic carbocycles. The van der Waals surface area contributed by atoms with Crippen LogP contribution in [0.5, 0.6) is 23.0 Å². The second kappa shape index (κ2) is 14.8. The van der Waals surface area contributed by atoms with Crippen molar-refractivity contribution in [2.45, 2.75) is 32.6 Å². The molecule has 48 heavy (non-hydrogen) atoms. The number of nitrogens with two attached hydrogens (primary N) is 1. The number of aromatic nitrogens is 1. The van der Waals surface area contributed by atoms with Gasteiger partial charge in [0.05, 0.1) is 20.3 Å². The maximum atomic E-state index is 14.0. The Kier molecular flexibility index (Phi) is 9.91. The van der Waals surface area contributed by atoms with E-state index in [0.717, 1.165) is 33.4 Å². The zero-order chi connectivity index (χ0) is 33.5. The van der Waals surface area contributed by atoms with E-state index in [0.29, 0.717) is 60.6 Å². The summed E-state index contributed by atoms with van der Waals surface area (Å²) < 4.78 is 23.9. The van der Waals surface area contributed by atoms with E-state index in [4.69, 9.17) is 24.7 Å². The van der Waals surface area contributed by atoms with Gasteiger partial charge >= 0.3 is 0 Å². The highest BCUT2D eigenvalue weighted by molar-refractivity contribution is 5.95. The average molecular weight is 642 g/mol. The van der Waals surface area contributed by atoms with Gasteiger partial charge < -0.3 is 29.6 Å². The number of anilines is 1. The fourth-order valence-corrected chi connectivity index (χ4v) is 5.91. The van der Waals surface area contributed by atoms with Crippen molar-refractivity contribution in [3.05, 3.63) is 148 Å². The van der Waals surface area contributed by atoms with Crippen LogP contribution in [0.3, 0.4) is 0 Å². The Morgan fingerprint density at radius 1 is 0.833 bits per heavy atom. The summed E-state index contributed by atoms with van der Waals surface area (Å²) in [4.78, 5) is 19.9. The molecule has 0 spiro atoms. The summed E-state index contributed by atoms with van der Waals surface area (Å²) in [6.45, 7) is 3.35. The highest BCUT2D eigenvalue weighted by atomic mass is 16.5. The van der Waals surface area contributed by atoms with Crippen molar-refractivity contribution in [1.29, 1.82) is 0 Å². The number of ether oxygens (including phenoxy) is 4. The average Bonchev–Trinajstić information content (AvgIpc) is 3.12. The SMILES string of the molecule is COc1cc(C)c(/C=C/C2c3cc(OC)c(OCc4ccccc4)cc3CCN2C(=O)c2ccnc(N)c2)cc1OCc1ccccc1. The number of benzene rings is 4. The standard InChI is InChI=1S/C40H39N3O5/c1-27-20-35(45-2)37(47-25-28-10-6-4-7-11-28)21-30(27)14-15-34-33-24-36(46-3)38(48-26-29-12-8-5-9-13-29)22-31(33)17-19-43(34)40(44)32-16-18-42-39(41)23-32/h4-16,18,20-24,34H,17,19,25-26H2,1-3H3,(H2,41,42)/b15-14+. The van der Waals surface area contributed by atoms with Crippen LogP contribution in [0, 0.1) is 6.92 Å². The number of fused-ring (bicyclic) bond motifs is 1. The van der Waals surface area contributed by atoms with Crippen LogP contribution in [-0.2, 0) is 19.6 Å². The molecule has 8 heteroatoms. The fourth-order valence-electron chi connectivity index (χ4n) is 5.91. The molecule has 2 heterocycles. The summed E-state index contributed by atoms with van der Waals surface area (Å²) in [6.07, 6.45) is 6.30. The molecule has 1 atom stereocenters. The molecule has 0 aliphatic carbocycles. The molecular formula is C40H39N3O5. The van der Waals surface area contributed by atoms with Gasteiger partial charge in [-0.3, -0.25) is 4.79 Å². The number of hydrogen-bond acceptors (Lipinski definition) is 7. The Bertz CT molecular complexity index is 1910. The summed E-state index contributed by atoms with van der Waals surface area (Å²) >= 11 is 0. The molecule has 1 amide bonds. The predicted molar refractivity (Wildman–Crippen MR) is 187 cm³/mol. The quantitative estimate of drug-likeness (QED) is 0.159. The van der Waals surface area contributed by atoms with Gasteiger partial charge in [0.15, 0.2) is 23.0 Å². The Morgan fingerprint density at radius 3 is 2.08 bits per heavy atom. The first-order valence-electron chi connectivity index (χ1n) is 15.9. The van der Waals surface area contributed by atoms with Crippen molar-refractivity contribution in [1.82, 2.24) is 9.88 Å². The third-order valence-corrected chi connectivity index (χ3v) is 8.48. The highest BCUT2D eigenvalue weighted by Gasteiger charge is 2.31. The zero-order valence-electron chi connectivity index (χ0n) is 27.4. The first kappa shape index (κ1) is 32.2. The fraction of sp³-hybridized carbons (Fsp3) is 0.200. The lowest BCUT2D eigenvalue weighted by molar-refractivity contribution is 0.0700. The van der Waals surface area contributed by atoms with Crippen molar-refractivity contribution in [3.63, 3.8) is 0 Å². The van der Waals surface area contributed by atoms with Gasteiger partial charge in [-0.1, -0.05) is 72.8 Å². The number of amides is 1. The number of aryl methyl sites for hydroxylation is 1. The topological polar surface area (TPSA) is 96.1 Å². The van der Waals surface area contributed by atoms with Gasteiger partial charge in [0.2, 0.25) is 0 Å². The number of methoxy groups -OCH3 is 2. The van der Waals surface area contributed by atoms with Crippen LogP contribution in [0.25, 0.3) is 6.08 Å². The Morgan fingerprint density at radius 2 is 1.46 bits per heavy atom. The van der Waals surface area contributed by atoms with Gasteiger partial charge in [-0.2, -0.15) is 0 Å². The van der Waals surface area contributed by atoms with Gasteiger partial charge in [-0.05, 0) is 83.1 Å². The summed E-state index contributed by atoms with van der Waals surface area (Å²) in [5.41, 5.74) is 12.6. The van der Waals surface area contributed by atoms with E-state index in [1.54, 1.807) is 32.5 Å². The lowest BCUT2D eigenvalue weighted by Crippen LogP contribution is -2.39. The van der Waals surface area contributed by atoms with E-state index in [2.05, 4.69) is 11.1 Å². The minimum absolute atomic E-state index is 0.133. The largest absolute Gasteiger partial charge is 0.493 e. The number of carbonyl (C=O) groups is 1. The van der Waals surface area contributed by atoms with Crippen molar-refractivity contribution in [2.75, 3.05) is 26.5 Å². The van der Waals surface area contributed by atoms with Crippen LogP contribution in [0.1, 0.15) is 49.8 Å². The molecule has 8 nitrogen and oxygen atoms in total. The molecule has 0 bridgehead atoms. The molecule has 5 aromatic rings. The molecular weight excluding hydrogens is 602 g/mol. The summed E-state index contributed by atoms with van der Waals surface area (Å²) in [5, 5.41) is 0. The van der Waals surface area contributed by atoms with E-state index < -0.39 is 6.04 Å². The highest BCUT2D eigenvalue weighted by Crippen LogP contribution is 2.40.